The van der Waals surface area contributed by atoms with Crippen LogP contribution in [0.1, 0.15) is 29.3 Å². The van der Waals surface area contributed by atoms with Crippen LogP contribution in [0.4, 0.5) is 0 Å². The number of phenolic OH excluding ortho intramolecular Hbond substituents is 1. The van der Waals surface area contributed by atoms with Gasteiger partial charge in [-0.1, -0.05) is 6.07 Å². The molecule has 1 heterocycles. The van der Waals surface area contributed by atoms with Gasteiger partial charge in [0.1, 0.15) is 5.75 Å². The molecule has 98 valence electrons. The van der Waals surface area contributed by atoms with Crippen LogP contribution in [-0.4, -0.2) is 41.7 Å². The standard InChI is InChI=1S/C14H19NO3/c1-10-9-15(7-4-8-18-10)14(17)12-5-3-6-13(16)11(12)2/h3,5-6,10,16H,4,7-9H2,1-2H3. The van der Waals surface area contributed by atoms with Crippen LogP contribution in [-0.2, 0) is 4.74 Å². The molecular weight excluding hydrogens is 230 g/mol. The lowest BCUT2D eigenvalue weighted by atomic mass is 10.1. The first-order valence-corrected chi connectivity index (χ1v) is 6.29. The molecule has 1 atom stereocenters. The first kappa shape index (κ1) is 12.9. The summed E-state index contributed by atoms with van der Waals surface area (Å²) in [6.07, 6.45) is 0.919. The van der Waals surface area contributed by atoms with Crippen LogP contribution in [0, 0.1) is 6.92 Å². The van der Waals surface area contributed by atoms with E-state index in [1.165, 1.54) is 0 Å². The molecule has 4 nitrogen and oxygen atoms in total. The van der Waals surface area contributed by atoms with E-state index in [1.54, 1.807) is 30.0 Å². The van der Waals surface area contributed by atoms with Crippen molar-refractivity contribution in [2.45, 2.75) is 26.4 Å². The Morgan fingerprint density at radius 2 is 2.28 bits per heavy atom. The quantitative estimate of drug-likeness (QED) is 0.827. The van der Waals surface area contributed by atoms with Crippen molar-refractivity contribution < 1.29 is 14.6 Å². The number of rotatable bonds is 1. The molecule has 1 aliphatic heterocycles. The minimum atomic E-state index is -0.0271. The topological polar surface area (TPSA) is 49.8 Å². The van der Waals surface area contributed by atoms with Crippen molar-refractivity contribution in [3.63, 3.8) is 0 Å². The lowest BCUT2D eigenvalue weighted by molar-refractivity contribution is 0.0562. The van der Waals surface area contributed by atoms with Crippen LogP contribution in [0.25, 0.3) is 0 Å². The average Bonchev–Trinajstić information content (AvgIpc) is 2.56. The molecule has 1 N–H and O–H groups in total. The van der Waals surface area contributed by atoms with Crippen molar-refractivity contribution in [1.29, 1.82) is 0 Å². The fraction of sp³-hybridized carbons (Fsp3) is 0.500. The van der Waals surface area contributed by atoms with Crippen LogP contribution in [0.2, 0.25) is 0 Å². The fourth-order valence-corrected chi connectivity index (χ4v) is 2.20. The summed E-state index contributed by atoms with van der Waals surface area (Å²) in [5, 5.41) is 9.66. The molecule has 2 rings (SSSR count). The van der Waals surface area contributed by atoms with E-state index < -0.39 is 0 Å². The molecule has 0 aliphatic carbocycles. The van der Waals surface area contributed by atoms with Crippen molar-refractivity contribution in [2.75, 3.05) is 19.7 Å². The largest absolute Gasteiger partial charge is 0.508 e. The molecule has 0 aromatic heterocycles. The summed E-state index contributed by atoms with van der Waals surface area (Å²) < 4.78 is 5.53. The molecule has 1 aromatic rings. The molecule has 1 unspecified atom stereocenters. The van der Waals surface area contributed by atoms with Gasteiger partial charge in [-0.15, -0.1) is 0 Å². The van der Waals surface area contributed by atoms with Gasteiger partial charge in [0.05, 0.1) is 6.10 Å². The molecule has 1 saturated heterocycles. The van der Waals surface area contributed by atoms with E-state index in [0.717, 1.165) is 6.42 Å². The summed E-state index contributed by atoms with van der Waals surface area (Å²) in [6.45, 7) is 5.75. The fourth-order valence-electron chi connectivity index (χ4n) is 2.20. The highest BCUT2D eigenvalue weighted by molar-refractivity contribution is 5.96. The SMILES string of the molecule is Cc1c(O)cccc1C(=O)N1CCCOC(C)C1. The maximum Gasteiger partial charge on any atom is 0.254 e. The molecule has 1 aromatic carbocycles. The Bertz CT molecular complexity index is 445. The minimum absolute atomic E-state index is 0.0271. The van der Waals surface area contributed by atoms with Gasteiger partial charge in [-0.25, -0.2) is 0 Å². The number of phenols is 1. The number of amides is 1. The minimum Gasteiger partial charge on any atom is -0.508 e. The Morgan fingerprint density at radius 1 is 1.50 bits per heavy atom. The molecule has 0 spiro atoms. The van der Waals surface area contributed by atoms with E-state index >= 15 is 0 Å². The number of hydrogen-bond acceptors (Lipinski definition) is 3. The van der Waals surface area contributed by atoms with Gasteiger partial charge in [-0.3, -0.25) is 4.79 Å². The molecular formula is C14H19NO3. The van der Waals surface area contributed by atoms with Gasteiger partial charge in [-0.2, -0.15) is 0 Å². The van der Waals surface area contributed by atoms with Gasteiger partial charge in [0, 0.05) is 30.8 Å². The monoisotopic (exact) mass is 249 g/mol. The highest BCUT2D eigenvalue weighted by Gasteiger charge is 2.22. The van der Waals surface area contributed by atoms with Crippen LogP contribution in [0.5, 0.6) is 5.75 Å². The lowest BCUT2D eigenvalue weighted by Crippen LogP contribution is -2.36. The number of carbonyl (C=O) groups is 1. The Hall–Kier alpha value is -1.55. The highest BCUT2D eigenvalue weighted by atomic mass is 16.5. The van der Waals surface area contributed by atoms with Crippen LogP contribution < -0.4 is 0 Å². The summed E-state index contributed by atoms with van der Waals surface area (Å²) in [5.41, 5.74) is 1.21. The van der Waals surface area contributed by atoms with E-state index in [1.807, 2.05) is 6.92 Å². The van der Waals surface area contributed by atoms with Crippen LogP contribution >= 0.6 is 0 Å². The first-order chi connectivity index (χ1) is 8.59. The molecule has 0 radical (unpaired) electrons. The second-order valence-electron chi connectivity index (χ2n) is 4.74. The zero-order valence-electron chi connectivity index (χ0n) is 10.8. The summed E-state index contributed by atoms with van der Waals surface area (Å²) in [6, 6.07) is 5.06. The Labute approximate surface area is 107 Å². The van der Waals surface area contributed by atoms with Crippen molar-refractivity contribution >= 4 is 5.91 Å². The second kappa shape index (κ2) is 5.40. The number of hydrogen-bond donors (Lipinski definition) is 1. The number of aromatic hydroxyl groups is 1. The van der Waals surface area contributed by atoms with Gasteiger partial charge in [0.15, 0.2) is 0 Å². The van der Waals surface area contributed by atoms with Crippen LogP contribution in [0.15, 0.2) is 18.2 Å². The van der Waals surface area contributed by atoms with Gasteiger partial charge in [0.25, 0.3) is 5.91 Å². The summed E-state index contributed by atoms with van der Waals surface area (Å²) in [4.78, 5) is 14.2. The third-order valence-corrected chi connectivity index (χ3v) is 3.28. The summed E-state index contributed by atoms with van der Waals surface area (Å²) in [7, 11) is 0. The van der Waals surface area contributed by atoms with E-state index in [-0.39, 0.29) is 17.8 Å². The highest BCUT2D eigenvalue weighted by Crippen LogP contribution is 2.21. The molecule has 1 fully saturated rings. The van der Waals surface area contributed by atoms with E-state index in [4.69, 9.17) is 4.74 Å². The second-order valence-corrected chi connectivity index (χ2v) is 4.74. The predicted octanol–water partition coefficient (Wildman–Crippen LogP) is 1.95. The third kappa shape index (κ3) is 2.64. The van der Waals surface area contributed by atoms with Crippen LogP contribution in [0.3, 0.4) is 0 Å². The number of nitrogens with zero attached hydrogens (tertiary/aromatic N) is 1. The third-order valence-electron chi connectivity index (χ3n) is 3.28. The Balaban J connectivity index is 2.22. The average molecular weight is 249 g/mol. The number of benzene rings is 1. The zero-order valence-corrected chi connectivity index (χ0v) is 10.8. The lowest BCUT2D eigenvalue weighted by Gasteiger charge is -2.23. The van der Waals surface area contributed by atoms with Crippen molar-refractivity contribution in [3.05, 3.63) is 29.3 Å². The van der Waals surface area contributed by atoms with Crippen molar-refractivity contribution in [1.82, 2.24) is 4.90 Å². The summed E-state index contributed by atoms with van der Waals surface area (Å²) >= 11 is 0. The predicted molar refractivity (Wildman–Crippen MR) is 68.8 cm³/mol. The van der Waals surface area contributed by atoms with E-state index in [9.17, 15) is 9.90 Å². The van der Waals surface area contributed by atoms with E-state index in [0.29, 0.717) is 30.8 Å². The maximum atomic E-state index is 12.4. The van der Waals surface area contributed by atoms with Crippen molar-refractivity contribution in [3.8, 4) is 5.75 Å². The van der Waals surface area contributed by atoms with Gasteiger partial charge in [0.2, 0.25) is 0 Å². The molecule has 1 aliphatic rings. The molecule has 18 heavy (non-hydrogen) atoms. The van der Waals surface area contributed by atoms with Gasteiger partial charge in [-0.05, 0) is 32.4 Å². The molecule has 0 bridgehead atoms. The summed E-state index contributed by atoms with van der Waals surface area (Å²) in [5.74, 6) is 0.140. The molecule has 0 saturated carbocycles. The molecule has 4 heteroatoms. The van der Waals surface area contributed by atoms with E-state index in [2.05, 4.69) is 0 Å². The normalized spacial score (nSPS) is 20.6. The van der Waals surface area contributed by atoms with Gasteiger partial charge < -0.3 is 14.7 Å². The van der Waals surface area contributed by atoms with Gasteiger partial charge >= 0.3 is 0 Å². The number of ether oxygens (including phenoxy) is 1. The maximum absolute atomic E-state index is 12.4. The zero-order chi connectivity index (χ0) is 13.1. The smallest absolute Gasteiger partial charge is 0.254 e. The number of carbonyl (C=O) groups excluding carboxylic acids is 1. The molecule has 1 amide bonds. The Morgan fingerprint density at radius 3 is 3.06 bits per heavy atom. The Kier molecular flexibility index (Phi) is 3.87. The first-order valence-electron chi connectivity index (χ1n) is 6.29. The van der Waals surface area contributed by atoms with Crippen molar-refractivity contribution in [2.24, 2.45) is 0 Å².